The summed E-state index contributed by atoms with van der Waals surface area (Å²) >= 11 is 0. The van der Waals surface area contributed by atoms with Gasteiger partial charge in [-0.1, -0.05) is 25.5 Å². The molecule has 0 saturated carbocycles. The van der Waals surface area contributed by atoms with Gasteiger partial charge in [0, 0.05) is 23.5 Å². The van der Waals surface area contributed by atoms with E-state index in [9.17, 15) is 10.1 Å². The maximum Gasteiger partial charge on any atom is 0.269 e. The van der Waals surface area contributed by atoms with E-state index >= 15 is 0 Å². The Morgan fingerprint density at radius 2 is 1.55 bits per heavy atom. The summed E-state index contributed by atoms with van der Waals surface area (Å²) in [5.41, 5.74) is 3.27. The number of hydrogen-bond donors (Lipinski definition) is 1. The molecule has 4 heteroatoms. The predicted octanol–water partition coefficient (Wildman–Crippen LogP) is 4.68. The van der Waals surface area contributed by atoms with Crippen LogP contribution in [0.2, 0.25) is 0 Å². The minimum atomic E-state index is -0.397. The molecule has 2 aromatic carbocycles. The molecule has 0 saturated heterocycles. The van der Waals surface area contributed by atoms with Gasteiger partial charge in [0.2, 0.25) is 0 Å². The molecule has 0 heterocycles. The summed E-state index contributed by atoms with van der Waals surface area (Å²) in [5, 5.41) is 13.8. The fourth-order valence-electron chi connectivity index (χ4n) is 1.97. The second-order valence-electron chi connectivity index (χ2n) is 4.73. The maximum atomic E-state index is 10.6. The monoisotopic (exact) mass is 270 g/mol. The average molecular weight is 270 g/mol. The Bertz CT molecular complexity index is 562. The van der Waals surface area contributed by atoms with E-state index in [0.717, 1.165) is 17.8 Å². The van der Waals surface area contributed by atoms with Crippen molar-refractivity contribution in [3.63, 3.8) is 0 Å². The van der Waals surface area contributed by atoms with Gasteiger partial charge in [0.15, 0.2) is 0 Å². The Morgan fingerprint density at radius 1 is 1.00 bits per heavy atom. The molecule has 0 fully saturated rings. The zero-order chi connectivity index (χ0) is 14.4. The van der Waals surface area contributed by atoms with Gasteiger partial charge in [-0.2, -0.15) is 0 Å². The third-order valence-corrected chi connectivity index (χ3v) is 3.14. The molecule has 0 aliphatic heterocycles. The third kappa shape index (κ3) is 3.82. The lowest BCUT2D eigenvalue weighted by molar-refractivity contribution is -0.384. The quantitative estimate of drug-likeness (QED) is 0.612. The summed E-state index contributed by atoms with van der Waals surface area (Å²) in [6.45, 7) is 2.19. The van der Waals surface area contributed by atoms with Gasteiger partial charge < -0.3 is 5.32 Å². The number of nitrogens with one attached hydrogen (secondary N) is 1. The van der Waals surface area contributed by atoms with Crippen LogP contribution in [0.3, 0.4) is 0 Å². The minimum Gasteiger partial charge on any atom is -0.356 e. The van der Waals surface area contributed by atoms with Crippen LogP contribution in [-0.2, 0) is 6.42 Å². The Balaban J connectivity index is 2.00. The normalized spacial score (nSPS) is 10.2. The number of non-ortho nitro benzene ring substituents is 1. The van der Waals surface area contributed by atoms with Gasteiger partial charge in [0.1, 0.15) is 0 Å². The number of unbranched alkanes of at least 4 members (excludes halogenated alkanes) is 1. The van der Waals surface area contributed by atoms with E-state index in [4.69, 9.17) is 0 Å². The van der Waals surface area contributed by atoms with Crippen LogP contribution in [0, 0.1) is 10.1 Å². The van der Waals surface area contributed by atoms with E-state index in [2.05, 4.69) is 24.4 Å². The van der Waals surface area contributed by atoms with Gasteiger partial charge in [-0.25, -0.2) is 0 Å². The van der Waals surface area contributed by atoms with Crippen molar-refractivity contribution >= 4 is 17.1 Å². The number of anilines is 2. The molecule has 4 nitrogen and oxygen atoms in total. The Hall–Kier alpha value is -2.36. The second kappa shape index (κ2) is 6.70. The van der Waals surface area contributed by atoms with Gasteiger partial charge in [0.05, 0.1) is 4.92 Å². The number of benzene rings is 2. The molecule has 0 amide bonds. The first-order chi connectivity index (χ1) is 9.69. The van der Waals surface area contributed by atoms with Crippen LogP contribution >= 0.6 is 0 Å². The Labute approximate surface area is 118 Å². The molecule has 2 rings (SSSR count). The van der Waals surface area contributed by atoms with Crippen molar-refractivity contribution in [1.82, 2.24) is 0 Å². The first-order valence-electron chi connectivity index (χ1n) is 6.79. The largest absolute Gasteiger partial charge is 0.356 e. The van der Waals surface area contributed by atoms with Gasteiger partial charge in [-0.15, -0.1) is 0 Å². The topological polar surface area (TPSA) is 55.2 Å². The third-order valence-electron chi connectivity index (χ3n) is 3.14. The first kappa shape index (κ1) is 14.1. The standard InChI is InChI=1S/C16H18N2O2/c1-2-3-4-13-5-7-14(8-6-13)17-15-9-11-16(12-10-15)18(19)20/h5-12,17H,2-4H2,1H3. The van der Waals surface area contributed by atoms with Gasteiger partial charge in [-0.05, 0) is 42.7 Å². The summed E-state index contributed by atoms with van der Waals surface area (Å²) in [5.74, 6) is 0. The number of aryl methyl sites for hydroxylation is 1. The number of nitro groups is 1. The van der Waals surface area contributed by atoms with E-state index in [1.165, 1.54) is 30.5 Å². The lowest BCUT2D eigenvalue weighted by atomic mass is 10.1. The molecule has 0 spiro atoms. The summed E-state index contributed by atoms with van der Waals surface area (Å²) in [6, 6.07) is 14.7. The zero-order valence-corrected chi connectivity index (χ0v) is 11.5. The molecule has 0 bridgehead atoms. The Morgan fingerprint density at radius 3 is 2.05 bits per heavy atom. The Kier molecular flexibility index (Phi) is 4.71. The highest BCUT2D eigenvalue weighted by atomic mass is 16.6. The fraction of sp³-hybridized carbons (Fsp3) is 0.250. The van der Waals surface area contributed by atoms with Crippen LogP contribution in [0.1, 0.15) is 25.3 Å². The summed E-state index contributed by atoms with van der Waals surface area (Å²) in [4.78, 5) is 10.2. The molecule has 0 aliphatic rings. The van der Waals surface area contributed by atoms with Crippen LogP contribution in [0.25, 0.3) is 0 Å². The molecule has 1 N–H and O–H groups in total. The van der Waals surface area contributed by atoms with Crippen molar-refractivity contribution in [2.75, 3.05) is 5.32 Å². The van der Waals surface area contributed by atoms with Crippen molar-refractivity contribution in [2.45, 2.75) is 26.2 Å². The lowest BCUT2D eigenvalue weighted by Gasteiger charge is -2.07. The molecule has 0 radical (unpaired) electrons. The highest BCUT2D eigenvalue weighted by Gasteiger charge is 2.03. The van der Waals surface area contributed by atoms with Crippen LogP contribution < -0.4 is 5.32 Å². The number of rotatable bonds is 6. The van der Waals surface area contributed by atoms with Crippen molar-refractivity contribution in [3.8, 4) is 0 Å². The summed E-state index contributed by atoms with van der Waals surface area (Å²) < 4.78 is 0. The van der Waals surface area contributed by atoms with E-state index in [1.54, 1.807) is 12.1 Å². The fourth-order valence-corrected chi connectivity index (χ4v) is 1.97. The smallest absolute Gasteiger partial charge is 0.269 e. The van der Waals surface area contributed by atoms with Crippen molar-refractivity contribution in [3.05, 3.63) is 64.2 Å². The van der Waals surface area contributed by atoms with Crippen LogP contribution in [0.5, 0.6) is 0 Å². The van der Waals surface area contributed by atoms with E-state index in [-0.39, 0.29) is 5.69 Å². The molecular weight excluding hydrogens is 252 g/mol. The summed E-state index contributed by atoms with van der Waals surface area (Å²) in [6.07, 6.45) is 3.51. The molecule has 0 unspecified atom stereocenters. The molecule has 2 aromatic rings. The lowest BCUT2D eigenvalue weighted by Crippen LogP contribution is -1.92. The second-order valence-corrected chi connectivity index (χ2v) is 4.73. The van der Waals surface area contributed by atoms with Crippen LogP contribution in [0.4, 0.5) is 17.1 Å². The van der Waals surface area contributed by atoms with Crippen LogP contribution in [0.15, 0.2) is 48.5 Å². The van der Waals surface area contributed by atoms with Crippen molar-refractivity contribution in [1.29, 1.82) is 0 Å². The molecular formula is C16H18N2O2. The van der Waals surface area contributed by atoms with E-state index in [1.807, 2.05) is 12.1 Å². The zero-order valence-electron chi connectivity index (χ0n) is 11.5. The number of hydrogen-bond acceptors (Lipinski definition) is 3. The van der Waals surface area contributed by atoms with Gasteiger partial charge in [-0.3, -0.25) is 10.1 Å². The van der Waals surface area contributed by atoms with Crippen molar-refractivity contribution < 1.29 is 4.92 Å². The molecule has 104 valence electrons. The highest BCUT2D eigenvalue weighted by molar-refractivity contribution is 5.61. The first-order valence-corrected chi connectivity index (χ1v) is 6.79. The van der Waals surface area contributed by atoms with E-state index < -0.39 is 4.92 Å². The van der Waals surface area contributed by atoms with E-state index in [0.29, 0.717) is 0 Å². The van der Waals surface area contributed by atoms with Crippen molar-refractivity contribution in [2.24, 2.45) is 0 Å². The molecule has 0 aliphatic carbocycles. The maximum absolute atomic E-state index is 10.6. The molecule has 0 aromatic heterocycles. The molecule has 0 atom stereocenters. The average Bonchev–Trinajstić information content (AvgIpc) is 2.47. The SMILES string of the molecule is CCCCc1ccc(Nc2ccc([N+](=O)[O-])cc2)cc1. The van der Waals surface area contributed by atoms with Gasteiger partial charge >= 0.3 is 0 Å². The number of nitro benzene ring substituents is 1. The minimum absolute atomic E-state index is 0.102. The van der Waals surface area contributed by atoms with Crippen LogP contribution in [-0.4, -0.2) is 4.92 Å². The highest BCUT2D eigenvalue weighted by Crippen LogP contribution is 2.20. The summed E-state index contributed by atoms with van der Waals surface area (Å²) in [7, 11) is 0. The molecule has 20 heavy (non-hydrogen) atoms. The predicted molar refractivity (Wildman–Crippen MR) is 81.4 cm³/mol. The number of nitrogens with zero attached hydrogens (tertiary/aromatic N) is 1. The van der Waals surface area contributed by atoms with Gasteiger partial charge in [0.25, 0.3) is 5.69 Å².